The van der Waals surface area contributed by atoms with Crippen molar-refractivity contribution in [1.82, 2.24) is 9.80 Å². The second-order valence-electron chi connectivity index (χ2n) is 5.30. The Hall–Kier alpha value is -0.390. The van der Waals surface area contributed by atoms with Gasteiger partial charge >= 0.3 is 0 Å². The van der Waals surface area contributed by atoms with Gasteiger partial charge in [0.25, 0.3) is 0 Å². The molecule has 3 nitrogen and oxygen atoms in total. The van der Waals surface area contributed by atoms with Gasteiger partial charge in [0.15, 0.2) is 0 Å². The minimum Gasteiger partial charge on any atom is -0.341 e. The zero-order valence-corrected chi connectivity index (χ0v) is 14.0. The van der Waals surface area contributed by atoms with Gasteiger partial charge in [-0.15, -0.1) is 11.3 Å². The maximum atomic E-state index is 12.0. The Morgan fingerprint density at radius 1 is 1.37 bits per heavy atom. The third kappa shape index (κ3) is 4.04. The lowest BCUT2D eigenvalue weighted by Gasteiger charge is -2.23. The number of halogens is 1. The third-order valence-electron chi connectivity index (χ3n) is 3.45. The number of hydrogen-bond donors (Lipinski definition) is 0. The predicted molar refractivity (Wildman–Crippen MR) is 83.3 cm³/mol. The van der Waals surface area contributed by atoms with E-state index >= 15 is 0 Å². The summed E-state index contributed by atoms with van der Waals surface area (Å²) in [5, 5.41) is 2.12. The van der Waals surface area contributed by atoms with Crippen LogP contribution in [0.2, 0.25) is 0 Å². The fraction of sp³-hybridized carbons (Fsp3) is 0.643. The van der Waals surface area contributed by atoms with Crippen molar-refractivity contribution in [3.63, 3.8) is 0 Å². The number of rotatable bonds is 3. The Bertz CT molecular complexity index is 433. The van der Waals surface area contributed by atoms with Crippen LogP contribution >= 0.6 is 27.3 Å². The van der Waals surface area contributed by atoms with Crippen LogP contribution in [-0.4, -0.2) is 41.9 Å². The van der Waals surface area contributed by atoms with E-state index in [1.165, 1.54) is 9.35 Å². The second kappa shape index (κ2) is 6.86. The van der Waals surface area contributed by atoms with E-state index in [0.29, 0.717) is 5.91 Å². The molecule has 0 aromatic carbocycles. The van der Waals surface area contributed by atoms with E-state index in [2.05, 4.69) is 32.3 Å². The van der Waals surface area contributed by atoms with Crippen LogP contribution in [0.5, 0.6) is 0 Å². The molecular weight excluding hydrogens is 324 g/mol. The van der Waals surface area contributed by atoms with Crippen molar-refractivity contribution in [2.45, 2.75) is 26.8 Å². The summed E-state index contributed by atoms with van der Waals surface area (Å²) in [4.78, 5) is 17.9. The van der Waals surface area contributed by atoms with E-state index in [9.17, 15) is 4.79 Å². The number of thiophene rings is 1. The Kier molecular flexibility index (Phi) is 5.42. The Morgan fingerprint density at radius 2 is 2.16 bits per heavy atom. The lowest BCUT2D eigenvalue weighted by Crippen LogP contribution is -2.37. The zero-order chi connectivity index (χ0) is 13.8. The molecule has 2 rings (SSSR count). The molecule has 1 aliphatic heterocycles. The van der Waals surface area contributed by atoms with Crippen LogP contribution < -0.4 is 0 Å². The Balaban J connectivity index is 1.90. The molecule has 0 saturated carbocycles. The van der Waals surface area contributed by atoms with Crippen LogP contribution in [0.1, 0.15) is 25.1 Å². The fourth-order valence-electron chi connectivity index (χ4n) is 2.36. The number of carbonyl (C=O) groups is 1. The molecule has 0 N–H and O–H groups in total. The van der Waals surface area contributed by atoms with Gasteiger partial charge in [-0.25, -0.2) is 0 Å². The maximum absolute atomic E-state index is 12.0. The van der Waals surface area contributed by atoms with Crippen LogP contribution in [0, 0.1) is 5.92 Å². The standard InChI is InChI=1S/C14H21BrN2OS/c1-11(2)14(18)17-6-3-5-16(7-8-17)10-13-12(15)4-9-19-13/h4,9,11H,3,5-8,10H2,1-2H3. The van der Waals surface area contributed by atoms with E-state index < -0.39 is 0 Å². The molecule has 1 saturated heterocycles. The van der Waals surface area contributed by atoms with Crippen molar-refractivity contribution in [2.24, 2.45) is 5.92 Å². The van der Waals surface area contributed by atoms with E-state index in [-0.39, 0.29) is 5.92 Å². The topological polar surface area (TPSA) is 23.6 Å². The summed E-state index contributed by atoms with van der Waals surface area (Å²) in [7, 11) is 0. The van der Waals surface area contributed by atoms with Gasteiger partial charge in [0.05, 0.1) is 0 Å². The first-order chi connectivity index (χ1) is 9.08. The van der Waals surface area contributed by atoms with Gasteiger partial charge in [0.2, 0.25) is 5.91 Å². The lowest BCUT2D eigenvalue weighted by atomic mass is 10.2. The van der Waals surface area contributed by atoms with Gasteiger partial charge in [0, 0.05) is 48.0 Å². The molecule has 19 heavy (non-hydrogen) atoms. The minimum atomic E-state index is 0.109. The number of hydrogen-bond acceptors (Lipinski definition) is 3. The maximum Gasteiger partial charge on any atom is 0.225 e. The van der Waals surface area contributed by atoms with E-state index in [0.717, 1.165) is 39.1 Å². The monoisotopic (exact) mass is 344 g/mol. The second-order valence-corrected chi connectivity index (χ2v) is 7.16. The molecule has 1 aliphatic rings. The highest BCUT2D eigenvalue weighted by molar-refractivity contribution is 9.10. The van der Waals surface area contributed by atoms with Crippen LogP contribution in [-0.2, 0) is 11.3 Å². The molecule has 5 heteroatoms. The van der Waals surface area contributed by atoms with Crippen molar-refractivity contribution >= 4 is 33.2 Å². The number of carbonyl (C=O) groups excluding carboxylic acids is 1. The van der Waals surface area contributed by atoms with Crippen molar-refractivity contribution in [3.05, 3.63) is 20.8 Å². The van der Waals surface area contributed by atoms with Gasteiger partial charge in [-0.1, -0.05) is 13.8 Å². The third-order valence-corrected chi connectivity index (χ3v) is 5.36. The molecular formula is C14H21BrN2OS. The zero-order valence-electron chi connectivity index (χ0n) is 11.6. The summed E-state index contributed by atoms with van der Waals surface area (Å²) < 4.78 is 1.21. The molecule has 0 spiro atoms. The van der Waals surface area contributed by atoms with E-state index in [4.69, 9.17) is 0 Å². The molecule has 0 bridgehead atoms. The summed E-state index contributed by atoms with van der Waals surface area (Å²) in [6.45, 7) is 8.76. The van der Waals surface area contributed by atoms with Crippen molar-refractivity contribution < 1.29 is 4.79 Å². The highest BCUT2D eigenvalue weighted by atomic mass is 79.9. The van der Waals surface area contributed by atoms with Gasteiger partial charge < -0.3 is 4.90 Å². The quantitative estimate of drug-likeness (QED) is 0.840. The van der Waals surface area contributed by atoms with Crippen molar-refractivity contribution in [3.8, 4) is 0 Å². The SMILES string of the molecule is CC(C)C(=O)N1CCCN(Cc2sccc2Br)CC1. The van der Waals surface area contributed by atoms with Gasteiger partial charge in [-0.05, 0) is 33.8 Å². The first-order valence-corrected chi connectivity index (χ1v) is 8.48. The largest absolute Gasteiger partial charge is 0.341 e. The molecule has 0 aliphatic carbocycles. The highest BCUT2D eigenvalue weighted by Crippen LogP contribution is 2.24. The summed E-state index contributed by atoms with van der Waals surface area (Å²) in [5.41, 5.74) is 0. The fourth-order valence-corrected chi connectivity index (χ4v) is 3.87. The average molecular weight is 345 g/mol. The van der Waals surface area contributed by atoms with Gasteiger partial charge in [-0.3, -0.25) is 9.69 Å². The molecule has 0 unspecified atom stereocenters. The smallest absolute Gasteiger partial charge is 0.225 e. The highest BCUT2D eigenvalue weighted by Gasteiger charge is 2.21. The van der Waals surface area contributed by atoms with Gasteiger partial charge in [0.1, 0.15) is 0 Å². The first-order valence-electron chi connectivity index (χ1n) is 6.81. The molecule has 106 valence electrons. The number of nitrogens with zero attached hydrogens (tertiary/aromatic N) is 2. The van der Waals surface area contributed by atoms with Crippen LogP contribution in [0.15, 0.2) is 15.9 Å². The van der Waals surface area contributed by atoms with Crippen molar-refractivity contribution in [1.29, 1.82) is 0 Å². The molecule has 2 heterocycles. The lowest BCUT2D eigenvalue weighted by molar-refractivity contribution is -0.134. The molecule has 1 fully saturated rings. The van der Waals surface area contributed by atoms with Crippen molar-refractivity contribution in [2.75, 3.05) is 26.2 Å². The summed E-state index contributed by atoms with van der Waals surface area (Å²) in [6.07, 6.45) is 1.07. The average Bonchev–Trinajstić information content (AvgIpc) is 2.64. The van der Waals surface area contributed by atoms with E-state index in [1.807, 2.05) is 18.7 Å². The molecule has 1 amide bonds. The minimum absolute atomic E-state index is 0.109. The van der Waals surface area contributed by atoms with Crippen LogP contribution in [0.4, 0.5) is 0 Å². The van der Waals surface area contributed by atoms with Crippen LogP contribution in [0.25, 0.3) is 0 Å². The summed E-state index contributed by atoms with van der Waals surface area (Å²) in [5.74, 6) is 0.400. The Morgan fingerprint density at radius 3 is 2.79 bits per heavy atom. The summed E-state index contributed by atoms with van der Waals surface area (Å²) >= 11 is 5.38. The molecule has 0 atom stereocenters. The van der Waals surface area contributed by atoms with E-state index in [1.54, 1.807) is 11.3 Å². The molecule has 0 radical (unpaired) electrons. The van der Waals surface area contributed by atoms with Crippen LogP contribution in [0.3, 0.4) is 0 Å². The number of amides is 1. The normalized spacial score (nSPS) is 17.8. The molecule has 1 aromatic rings. The first kappa shape index (κ1) is 15.0. The molecule has 1 aromatic heterocycles. The Labute approximate surface area is 127 Å². The predicted octanol–water partition coefficient (Wildman–Crippen LogP) is 3.20. The summed E-state index contributed by atoms with van der Waals surface area (Å²) in [6, 6.07) is 2.10. The van der Waals surface area contributed by atoms with Gasteiger partial charge in [-0.2, -0.15) is 0 Å².